The normalized spacial score (nSPS) is 18.8. The van der Waals surface area contributed by atoms with Gasteiger partial charge in [-0.05, 0) is 66.5 Å². The molecule has 0 unspecified atom stereocenters. The van der Waals surface area contributed by atoms with Crippen LogP contribution in [0.1, 0.15) is 60.3 Å². The lowest BCUT2D eigenvalue weighted by Gasteiger charge is -2.29. The third-order valence-electron chi connectivity index (χ3n) is 8.89. The van der Waals surface area contributed by atoms with E-state index >= 15 is 0 Å². The van der Waals surface area contributed by atoms with Crippen molar-refractivity contribution < 1.29 is 31.9 Å². The molecule has 3 aromatic carbocycles. The average Bonchev–Trinajstić information content (AvgIpc) is 3.74. The zero-order valence-corrected chi connectivity index (χ0v) is 25.9. The van der Waals surface area contributed by atoms with Crippen LogP contribution in [-0.2, 0) is 14.4 Å². The van der Waals surface area contributed by atoms with Gasteiger partial charge < -0.3 is 16.0 Å². The van der Waals surface area contributed by atoms with Crippen LogP contribution in [-0.4, -0.2) is 42.3 Å². The molecule has 0 saturated heterocycles. The van der Waals surface area contributed by atoms with Gasteiger partial charge in [0.2, 0.25) is 18.0 Å². The monoisotopic (exact) mass is 658 g/mol. The quantitative estimate of drug-likeness (QED) is 0.232. The lowest BCUT2D eigenvalue weighted by molar-refractivity contribution is -0.144. The van der Waals surface area contributed by atoms with E-state index in [-0.39, 0.29) is 17.0 Å². The third kappa shape index (κ3) is 7.25. The Morgan fingerprint density at radius 3 is 2.40 bits per heavy atom. The molecule has 0 aromatic heterocycles. The lowest BCUT2D eigenvalue weighted by Crippen LogP contribution is -2.51. The number of hydrogen-bond donors (Lipinski definition) is 2. The fraction of sp³-hybridized carbons (Fsp3) is 0.297. The summed E-state index contributed by atoms with van der Waals surface area (Å²) in [6.45, 7) is 0.378. The first-order valence-electron chi connectivity index (χ1n) is 15.9. The Bertz CT molecular complexity index is 1810. The van der Waals surface area contributed by atoms with Crippen LogP contribution in [0.2, 0.25) is 0 Å². The van der Waals surface area contributed by atoms with E-state index in [0.717, 1.165) is 18.9 Å². The van der Waals surface area contributed by atoms with Crippen molar-refractivity contribution in [1.29, 1.82) is 0 Å². The number of rotatable bonds is 11. The highest BCUT2D eigenvalue weighted by Crippen LogP contribution is 2.39. The maximum absolute atomic E-state index is 14.5. The number of benzene rings is 3. The molecule has 7 nitrogen and oxygen atoms in total. The van der Waals surface area contributed by atoms with Crippen molar-refractivity contribution in [2.45, 2.75) is 50.4 Å². The predicted octanol–water partition coefficient (Wildman–Crippen LogP) is 6.43. The molecule has 3 amide bonds. The molecule has 1 saturated carbocycles. The molecule has 2 aliphatic carbocycles. The van der Waals surface area contributed by atoms with Crippen LogP contribution in [0, 0.1) is 17.7 Å². The number of amides is 3. The maximum Gasteiger partial charge on any atom is 0.389 e. The van der Waals surface area contributed by atoms with Gasteiger partial charge in [0.15, 0.2) is 0 Å². The molecule has 6 rings (SSSR count). The minimum Gasteiger partial charge on any atom is -0.369 e. The van der Waals surface area contributed by atoms with E-state index in [1.54, 1.807) is 29.2 Å². The van der Waals surface area contributed by atoms with Crippen LogP contribution in [0.5, 0.6) is 0 Å². The topological polar surface area (TPSA) is 105 Å². The number of nitrogens with two attached hydrogens (primary N) is 1. The molecule has 1 heterocycles. The number of allylic oxidation sites excluding steroid dienone is 4. The summed E-state index contributed by atoms with van der Waals surface area (Å²) in [7, 11) is 0. The molecule has 0 bridgehead atoms. The maximum atomic E-state index is 14.5. The van der Waals surface area contributed by atoms with Crippen molar-refractivity contribution in [1.82, 2.24) is 5.32 Å². The Kier molecular flexibility index (Phi) is 9.30. The van der Waals surface area contributed by atoms with Gasteiger partial charge in [-0.25, -0.2) is 9.38 Å². The Balaban J connectivity index is 1.43. The van der Waals surface area contributed by atoms with Crippen molar-refractivity contribution >= 4 is 34.7 Å². The Labute approximate surface area is 275 Å². The van der Waals surface area contributed by atoms with Gasteiger partial charge in [0.25, 0.3) is 5.91 Å². The summed E-state index contributed by atoms with van der Waals surface area (Å²) in [6, 6.07) is 19.8. The fourth-order valence-corrected chi connectivity index (χ4v) is 6.38. The molecule has 0 radical (unpaired) electrons. The van der Waals surface area contributed by atoms with E-state index < -0.39 is 60.6 Å². The van der Waals surface area contributed by atoms with E-state index in [1.165, 1.54) is 12.1 Å². The van der Waals surface area contributed by atoms with Crippen molar-refractivity contribution in [2.24, 2.45) is 22.6 Å². The molecule has 1 fully saturated rings. The number of carbonyl (C=O) groups is 3. The third-order valence-corrected chi connectivity index (χ3v) is 8.89. The molecule has 3 atom stereocenters. The van der Waals surface area contributed by atoms with E-state index in [9.17, 15) is 31.9 Å². The number of halogens is 4. The summed E-state index contributed by atoms with van der Waals surface area (Å²) in [6.07, 6.45) is -0.702. The summed E-state index contributed by atoms with van der Waals surface area (Å²) < 4.78 is 55.5. The number of alkyl halides is 3. The SMILES string of the molecule is NC(=O)[C@@H](c1ccc(F)cc1C1=CCC=C1)[C@@H](CCC(F)(F)F)C(=O)N[C@H]1N=C(c2ccccc2)c2ccccc2N(CC2CC2)C1=O. The molecule has 3 aromatic rings. The number of benzodiazepines with no additional fused rings is 1. The number of primary amides is 1. The summed E-state index contributed by atoms with van der Waals surface area (Å²) in [5.41, 5.74) is 9.11. The summed E-state index contributed by atoms with van der Waals surface area (Å²) >= 11 is 0. The predicted molar refractivity (Wildman–Crippen MR) is 174 cm³/mol. The molecule has 3 aliphatic rings. The highest BCUT2D eigenvalue weighted by atomic mass is 19.4. The minimum atomic E-state index is -4.66. The van der Waals surface area contributed by atoms with Crippen LogP contribution >= 0.6 is 0 Å². The molecular weight excluding hydrogens is 624 g/mol. The van der Waals surface area contributed by atoms with Crippen molar-refractivity contribution in [3.63, 3.8) is 0 Å². The Hall–Kier alpha value is -5.06. The molecule has 11 heteroatoms. The number of fused-ring (bicyclic) bond motifs is 1. The molecule has 48 heavy (non-hydrogen) atoms. The van der Waals surface area contributed by atoms with E-state index in [4.69, 9.17) is 10.7 Å². The lowest BCUT2D eigenvalue weighted by atomic mass is 9.78. The number of nitrogens with one attached hydrogen (secondary N) is 1. The number of hydrogen-bond acceptors (Lipinski definition) is 4. The van der Waals surface area contributed by atoms with Crippen LogP contribution in [0.15, 0.2) is 96.0 Å². The number of carbonyl (C=O) groups excluding carboxylic acids is 3. The van der Waals surface area contributed by atoms with Crippen molar-refractivity contribution in [3.05, 3.63) is 119 Å². The van der Waals surface area contributed by atoms with Gasteiger partial charge in [-0.15, -0.1) is 0 Å². The Morgan fingerprint density at radius 2 is 1.73 bits per heavy atom. The average molecular weight is 659 g/mol. The van der Waals surface area contributed by atoms with Gasteiger partial charge in [0.1, 0.15) is 5.82 Å². The van der Waals surface area contributed by atoms with Gasteiger partial charge in [-0.1, -0.05) is 72.8 Å². The van der Waals surface area contributed by atoms with Crippen LogP contribution in [0.4, 0.5) is 23.2 Å². The summed E-state index contributed by atoms with van der Waals surface area (Å²) in [4.78, 5) is 47.9. The van der Waals surface area contributed by atoms with Crippen LogP contribution in [0.3, 0.4) is 0 Å². The highest BCUT2D eigenvalue weighted by molar-refractivity contribution is 6.20. The Morgan fingerprint density at radius 1 is 1.00 bits per heavy atom. The standard InChI is InChI=1S/C37H34F4N4O3/c38-25-16-17-26(29(20-25)23-8-4-5-9-23)31(33(42)46)28(18-19-37(39,40)41)35(47)44-34-36(48)45(21-22-14-15-22)30-13-7-6-12-27(30)32(43-34)24-10-2-1-3-11-24/h1-4,6-13,16-17,20,22,28,31,34H,5,14-15,18-19,21H2,(H2,42,46)(H,44,47)/t28-,31+,34-/m1/s1. The van der Waals surface area contributed by atoms with E-state index in [0.29, 0.717) is 41.1 Å². The first kappa shape index (κ1) is 32.9. The highest BCUT2D eigenvalue weighted by Gasteiger charge is 2.42. The fourth-order valence-electron chi connectivity index (χ4n) is 6.38. The second-order valence-corrected chi connectivity index (χ2v) is 12.3. The van der Waals surface area contributed by atoms with Gasteiger partial charge in [0, 0.05) is 24.1 Å². The molecule has 248 valence electrons. The number of aliphatic imine (C=N–C) groups is 1. The van der Waals surface area contributed by atoms with Crippen molar-refractivity contribution in [2.75, 3.05) is 11.4 Å². The second-order valence-electron chi connectivity index (χ2n) is 12.3. The smallest absolute Gasteiger partial charge is 0.369 e. The van der Waals surface area contributed by atoms with Gasteiger partial charge >= 0.3 is 6.18 Å². The second kappa shape index (κ2) is 13.6. The van der Waals surface area contributed by atoms with Crippen LogP contribution < -0.4 is 16.0 Å². The molecule has 0 spiro atoms. The van der Waals surface area contributed by atoms with Gasteiger partial charge in [-0.3, -0.25) is 14.4 Å². The first-order valence-corrected chi connectivity index (χ1v) is 15.9. The zero-order chi connectivity index (χ0) is 34.0. The van der Waals surface area contributed by atoms with E-state index in [1.807, 2.05) is 48.5 Å². The largest absolute Gasteiger partial charge is 0.389 e. The molecule has 3 N–H and O–H groups in total. The summed E-state index contributed by atoms with van der Waals surface area (Å²) in [5.74, 6) is -6.22. The van der Waals surface area contributed by atoms with Crippen molar-refractivity contribution in [3.8, 4) is 0 Å². The number of nitrogens with zero attached hydrogens (tertiary/aromatic N) is 2. The van der Waals surface area contributed by atoms with Crippen LogP contribution in [0.25, 0.3) is 5.57 Å². The summed E-state index contributed by atoms with van der Waals surface area (Å²) in [5, 5.41) is 2.61. The number of anilines is 1. The zero-order valence-electron chi connectivity index (χ0n) is 25.9. The minimum absolute atomic E-state index is 0.118. The van der Waals surface area contributed by atoms with Gasteiger partial charge in [0.05, 0.1) is 23.2 Å². The van der Waals surface area contributed by atoms with E-state index in [2.05, 4.69) is 5.32 Å². The number of para-hydroxylation sites is 1. The first-order chi connectivity index (χ1) is 23.0. The van der Waals surface area contributed by atoms with Gasteiger partial charge in [-0.2, -0.15) is 13.2 Å². The molecular formula is C37H34F4N4O3. The molecule has 1 aliphatic heterocycles.